The van der Waals surface area contributed by atoms with E-state index in [9.17, 15) is 13.5 Å². The van der Waals surface area contributed by atoms with Gasteiger partial charge in [-0.2, -0.15) is 4.31 Å². The van der Waals surface area contributed by atoms with Gasteiger partial charge >= 0.3 is 0 Å². The summed E-state index contributed by atoms with van der Waals surface area (Å²) < 4.78 is 27.5. The van der Waals surface area contributed by atoms with E-state index in [1.54, 1.807) is 10.8 Å². The molecule has 2 heterocycles. The Bertz CT molecular complexity index is 475. The Hall–Kier alpha value is -0.920. The summed E-state index contributed by atoms with van der Waals surface area (Å²) in [6.45, 7) is 3.35. The average molecular weight is 259 g/mol. The molecule has 1 aromatic rings. The molecule has 0 atom stereocenters. The highest BCUT2D eigenvalue weighted by Crippen LogP contribution is 2.19. The molecule has 0 amide bonds. The minimum Gasteiger partial charge on any atom is -0.393 e. The number of aliphatic hydroxyl groups excluding tert-OH is 1. The molecule has 1 fully saturated rings. The second-order valence-corrected chi connectivity index (χ2v) is 6.06. The Labute approximate surface area is 101 Å². The van der Waals surface area contributed by atoms with Crippen molar-refractivity contribution in [3.8, 4) is 0 Å². The molecule has 6 nitrogen and oxygen atoms in total. The third-order valence-corrected chi connectivity index (χ3v) is 4.79. The normalized spacial score (nSPS) is 19.6. The van der Waals surface area contributed by atoms with Crippen molar-refractivity contribution in [2.24, 2.45) is 0 Å². The maximum Gasteiger partial charge on any atom is 0.262 e. The van der Waals surface area contributed by atoms with Crippen LogP contribution in [0.3, 0.4) is 0 Å². The van der Waals surface area contributed by atoms with Crippen LogP contribution in [0.15, 0.2) is 17.6 Å². The Kier molecular flexibility index (Phi) is 3.50. The number of aliphatic hydroxyl groups is 1. The molecule has 0 bridgehead atoms. The molecule has 1 saturated heterocycles. The van der Waals surface area contributed by atoms with Gasteiger partial charge in [0.05, 0.1) is 12.4 Å². The first-order valence-electron chi connectivity index (χ1n) is 5.74. The van der Waals surface area contributed by atoms with E-state index < -0.39 is 10.0 Å². The number of rotatable bonds is 3. The molecule has 1 aromatic heterocycles. The number of aromatic nitrogens is 2. The van der Waals surface area contributed by atoms with E-state index in [-0.39, 0.29) is 11.1 Å². The maximum atomic E-state index is 12.2. The summed E-state index contributed by atoms with van der Waals surface area (Å²) in [6, 6.07) is 0. The van der Waals surface area contributed by atoms with Crippen molar-refractivity contribution in [3.05, 3.63) is 12.5 Å². The number of piperidine rings is 1. The van der Waals surface area contributed by atoms with Crippen molar-refractivity contribution < 1.29 is 13.5 Å². The molecule has 1 aliphatic heterocycles. The lowest BCUT2D eigenvalue weighted by atomic mass is 10.1. The van der Waals surface area contributed by atoms with Gasteiger partial charge in [-0.3, -0.25) is 0 Å². The van der Waals surface area contributed by atoms with Crippen LogP contribution in [0.5, 0.6) is 0 Å². The molecule has 0 aromatic carbocycles. The molecule has 1 aliphatic rings. The molecule has 1 N–H and O–H groups in total. The third-order valence-electron chi connectivity index (χ3n) is 3.00. The predicted molar refractivity (Wildman–Crippen MR) is 61.9 cm³/mol. The van der Waals surface area contributed by atoms with Crippen molar-refractivity contribution in [3.63, 3.8) is 0 Å². The third kappa shape index (κ3) is 2.51. The zero-order valence-corrected chi connectivity index (χ0v) is 10.6. The van der Waals surface area contributed by atoms with E-state index in [4.69, 9.17) is 0 Å². The van der Waals surface area contributed by atoms with Crippen LogP contribution in [-0.4, -0.2) is 46.6 Å². The Morgan fingerprint density at radius 2 is 2.12 bits per heavy atom. The SMILES string of the molecule is CCn1cnc(S(=O)(=O)N2CCC(O)CC2)c1. The van der Waals surface area contributed by atoms with Crippen LogP contribution in [0, 0.1) is 0 Å². The molecular formula is C10H17N3O3S. The topological polar surface area (TPSA) is 75.4 Å². The average Bonchev–Trinajstić information content (AvgIpc) is 2.78. The summed E-state index contributed by atoms with van der Waals surface area (Å²) in [7, 11) is -3.48. The highest BCUT2D eigenvalue weighted by Gasteiger charge is 2.30. The standard InChI is InChI=1S/C10H17N3O3S/c1-2-12-7-10(11-8-12)17(15,16)13-5-3-9(14)4-6-13/h7-9,14H,2-6H2,1H3. The van der Waals surface area contributed by atoms with E-state index >= 15 is 0 Å². The highest BCUT2D eigenvalue weighted by molar-refractivity contribution is 7.89. The maximum absolute atomic E-state index is 12.2. The second-order valence-electron chi connectivity index (χ2n) is 4.18. The van der Waals surface area contributed by atoms with E-state index in [0.29, 0.717) is 32.5 Å². The van der Waals surface area contributed by atoms with Gasteiger partial charge in [0.15, 0.2) is 5.03 Å². The minimum absolute atomic E-state index is 0.0933. The van der Waals surface area contributed by atoms with Crippen molar-refractivity contribution >= 4 is 10.0 Å². The van der Waals surface area contributed by atoms with Crippen LogP contribution in [0.1, 0.15) is 19.8 Å². The van der Waals surface area contributed by atoms with Crippen molar-refractivity contribution in [2.45, 2.75) is 37.4 Å². The zero-order chi connectivity index (χ0) is 12.5. The summed E-state index contributed by atoms with van der Waals surface area (Å²) in [6.07, 6.45) is 3.67. The Balaban J connectivity index is 2.18. The smallest absolute Gasteiger partial charge is 0.262 e. The lowest BCUT2D eigenvalue weighted by Crippen LogP contribution is -2.40. The summed E-state index contributed by atoms with van der Waals surface area (Å²) in [5, 5.41) is 9.46. The van der Waals surface area contributed by atoms with Crippen LogP contribution < -0.4 is 0 Å². The number of sulfonamides is 1. The molecule has 0 spiro atoms. The van der Waals surface area contributed by atoms with E-state index in [2.05, 4.69) is 4.98 Å². The Morgan fingerprint density at radius 1 is 1.47 bits per heavy atom. The molecule has 96 valence electrons. The largest absolute Gasteiger partial charge is 0.393 e. The van der Waals surface area contributed by atoms with Crippen molar-refractivity contribution in [2.75, 3.05) is 13.1 Å². The molecule has 0 saturated carbocycles. The predicted octanol–water partition coefficient (Wildman–Crippen LogP) is 0.0484. The first-order valence-corrected chi connectivity index (χ1v) is 7.18. The fourth-order valence-corrected chi connectivity index (χ4v) is 3.27. The van der Waals surface area contributed by atoms with Crippen LogP contribution >= 0.6 is 0 Å². The van der Waals surface area contributed by atoms with Gasteiger partial charge in [-0.25, -0.2) is 13.4 Å². The van der Waals surface area contributed by atoms with Crippen LogP contribution in [0.2, 0.25) is 0 Å². The number of hydrogen-bond acceptors (Lipinski definition) is 4. The first-order chi connectivity index (χ1) is 8.04. The second kappa shape index (κ2) is 4.75. The summed E-state index contributed by atoms with van der Waals surface area (Å²) in [5.41, 5.74) is 0. The summed E-state index contributed by atoms with van der Waals surface area (Å²) in [5.74, 6) is 0. The van der Waals surface area contributed by atoms with E-state index in [0.717, 1.165) is 0 Å². The zero-order valence-electron chi connectivity index (χ0n) is 9.78. The molecule has 0 aliphatic carbocycles. The summed E-state index contributed by atoms with van der Waals surface area (Å²) in [4.78, 5) is 3.92. The Morgan fingerprint density at radius 3 is 2.65 bits per heavy atom. The lowest BCUT2D eigenvalue weighted by Gasteiger charge is -2.27. The summed E-state index contributed by atoms with van der Waals surface area (Å²) >= 11 is 0. The van der Waals surface area contributed by atoms with Crippen LogP contribution in [-0.2, 0) is 16.6 Å². The molecular weight excluding hydrogens is 242 g/mol. The van der Waals surface area contributed by atoms with Gasteiger partial charge in [0.25, 0.3) is 10.0 Å². The number of hydrogen-bond donors (Lipinski definition) is 1. The van der Waals surface area contributed by atoms with Gasteiger partial charge in [0.1, 0.15) is 0 Å². The fourth-order valence-electron chi connectivity index (χ4n) is 1.86. The molecule has 0 radical (unpaired) electrons. The van der Waals surface area contributed by atoms with Gasteiger partial charge in [-0.1, -0.05) is 0 Å². The molecule has 7 heteroatoms. The van der Waals surface area contributed by atoms with Gasteiger partial charge in [0.2, 0.25) is 0 Å². The first kappa shape index (κ1) is 12.5. The molecule has 17 heavy (non-hydrogen) atoms. The van der Waals surface area contributed by atoms with Gasteiger partial charge in [-0.15, -0.1) is 0 Å². The molecule has 0 unspecified atom stereocenters. The lowest BCUT2D eigenvalue weighted by molar-refractivity contribution is 0.113. The fraction of sp³-hybridized carbons (Fsp3) is 0.700. The number of imidazole rings is 1. The van der Waals surface area contributed by atoms with E-state index in [1.807, 2.05) is 6.92 Å². The van der Waals surface area contributed by atoms with Gasteiger partial charge < -0.3 is 9.67 Å². The van der Waals surface area contributed by atoms with Crippen molar-refractivity contribution in [1.82, 2.24) is 13.9 Å². The number of aryl methyl sites for hydroxylation is 1. The van der Waals surface area contributed by atoms with Crippen LogP contribution in [0.4, 0.5) is 0 Å². The van der Waals surface area contributed by atoms with Crippen LogP contribution in [0.25, 0.3) is 0 Å². The minimum atomic E-state index is -3.48. The van der Waals surface area contributed by atoms with Gasteiger partial charge in [0, 0.05) is 25.8 Å². The quantitative estimate of drug-likeness (QED) is 0.832. The van der Waals surface area contributed by atoms with Crippen molar-refractivity contribution in [1.29, 1.82) is 0 Å². The van der Waals surface area contributed by atoms with E-state index in [1.165, 1.54) is 10.6 Å². The number of nitrogens with zero attached hydrogens (tertiary/aromatic N) is 3. The monoisotopic (exact) mass is 259 g/mol. The highest BCUT2D eigenvalue weighted by atomic mass is 32.2. The van der Waals surface area contributed by atoms with Gasteiger partial charge in [-0.05, 0) is 19.8 Å². The molecule has 2 rings (SSSR count).